The highest BCUT2D eigenvalue weighted by atomic mass is 16.5. The number of anilines is 2. The van der Waals surface area contributed by atoms with E-state index >= 15 is 0 Å². The average Bonchev–Trinajstić information content (AvgIpc) is 3.31. The number of nitrogens with one attached hydrogen (secondary N) is 3. The van der Waals surface area contributed by atoms with E-state index in [0.29, 0.717) is 61.6 Å². The number of amides is 2. The summed E-state index contributed by atoms with van der Waals surface area (Å²) in [5.41, 5.74) is 11.4. The van der Waals surface area contributed by atoms with Crippen molar-refractivity contribution in [1.29, 1.82) is 0 Å². The number of morpholine rings is 1. The third-order valence-corrected chi connectivity index (χ3v) is 5.88. The minimum atomic E-state index is -0.945. The Labute approximate surface area is 215 Å². The standard InChI is InChI=1S/C26H32N8O3/c1-26(2,36)18-6-10-20(11-7-18)30-25(35)29-19-8-4-17(5-9-19)23(28-3)31-24(21-16-22(27)33-32-21)34-12-14-37-15-13-34/h4-11,32,36H,3,12-16H2,1-2H3,(H2,27,33)(H2,29,30,35)/b24-21-,31-23-. The van der Waals surface area contributed by atoms with Gasteiger partial charge >= 0.3 is 6.03 Å². The predicted octanol–water partition coefficient (Wildman–Crippen LogP) is 2.77. The third-order valence-electron chi connectivity index (χ3n) is 5.88. The minimum Gasteiger partial charge on any atom is -0.386 e. The number of urea groups is 1. The molecule has 0 saturated carbocycles. The van der Waals surface area contributed by atoms with Crippen LogP contribution in [0.1, 0.15) is 31.4 Å². The van der Waals surface area contributed by atoms with Gasteiger partial charge in [-0.2, -0.15) is 5.10 Å². The Balaban J connectivity index is 1.46. The number of amidine groups is 2. The van der Waals surface area contributed by atoms with Crippen molar-refractivity contribution in [2.45, 2.75) is 25.9 Å². The Bertz CT molecular complexity index is 1220. The van der Waals surface area contributed by atoms with Crippen LogP contribution < -0.4 is 21.8 Å². The number of aliphatic imine (C=N–C) groups is 2. The number of benzene rings is 2. The molecule has 11 nitrogen and oxygen atoms in total. The lowest BCUT2D eigenvalue weighted by molar-refractivity contribution is 0.0524. The summed E-state index contributed by atoms with van der Waals surface area (Å²) in [4.78, 5) is 23.5. The monoisotopic (exact) mass is 504 g/mol. The van der Waals surface area contributed by atoms with Gasteiger partial charge in [-0.3, -0.25) is 5.43 Å². The molecule has 0 aliphatic carbocycles. The minimum absolute atomic E-state index is 0.385. The summed E-state index contributed by atoms with van der Waals surface area (Å²) in [5, 5.41) is 19.7. The molecule has 2 aliphatic rings. The zero-order valence-electron chi connectivity index (χ0n) is 21.0. The van der Waals surface area contributed by atoms with Crippen molar-refractivity contribution in [1.82, 2.24) is 10.3 Å². The number of ether oxygens (including phenoxy) is 1. The number of nitrogens with zero attached hydrogens (tertiary/aromatic N) is 4. The van der Waals surface area contributed by atoms with Crippen LogP contribution in [0, 0.1) is 0 Å². The van der Waals surface area contributed by atoms with Crippen LogP contribution in [-0.4, -0.2) is 60.7 Å². The van der Waals surface area contributed by atoms with E-state index in [2.05, 4.69) is 37.8 Å². The number of carbonyl (C=O) groups is 1. The molecule has 0 spiro atoms. The van der Waals surface area contributed by atoms with Gasteiger partial charge in [0, 0.05) is 30.0 Å². The Morgan fingerprint density at radius 3 is 2.22 bits per heavy atom. The van der Waals surface area contributed by atoms with Crippen molar-refractivity contribution < 1.29 is 14.6 Å². The molecule has 0 radical (unpaired) electrons. The molecule has 2 aliphatic heterocycles. The lowest BCUT2D eigenvalue weighted by atomic mass is 9.98. The second kappa shape index (κ2) is 11.2. The maximum absolute atomic E-state index is 12.5. The summed E-state index contributed by atoms with van der Waals surface area (Å²) in [6.45, 7) is 9.70. The van der Waals surface area contributed by atoms with Gasteiger partial charge in [0.1, 0.15) is 5.84 Å². The van der Waals surface area contributed by atoms with E-state index in [9.17, 15) is 9.90 Å². The summed E-state index contributed by atoms with van der Waals surface area (Å²) in [6, 6.07) is 13.8. The van der Waals surface area contributed by atoms with Crippen molar-refractivity contribution in [2.24, 2.45) is 20.8 Å². The molecule has 2 aromatic carbocycles. The first-order valence-corrected chi connectivity index (χ1v) is 11.9. The Morgan fingerprint density at radius 1 is 1.11 bits per heavy atom. The molecular weight excluding hydrogens is 472 g/mol. The van der Waals surface area contributed by atoms with Gasteiger partial charge in [-0.15, -0.1) is 0 Å². The Hall–Kier alpha value is -4.22. The molecule has 2 heterocycles. The average molecular weight is 505 g/mol. The van der Waals surface area contributed by atoms with Crippen molar-refractivity contribution in [3.05, 3.63) is 71.2 Å². The fraction of sp³-hybridized carbons (Fsp3) is 0.308. The molecular formula is C26H32N8O3. The van der Waals surface area contributed by atoms with Crippen molar-refractivity contribution >= 4 is 35.8 Å². The molecule has 1 fully saturated rings. The van der Waals surface area contributed by atoms with Crippen LogP contribution in [0.15, 0.2) is 75.1 Å². The lowest BCUT2D eigenvalue weighted by Gasteiger charge is -2.30. The van der Waals surface area contributed by atoms with E-state index in [0.717, 1.165) is 16.8 Å². The van der Waals surface area contributed by atoms with Crippen LogP contribution in [0.3, 0.4) is 0 Å². The van der Waals surface area contributed by atoms with Gasteiger partial charge in [0.2, 0.25) is 0 Å². The first-order valence-electron chi connectivity index (χ1n) is 11.9. The normalized spacial score (nSPS) is 17.5. The van der Waals surface area contributed by atoms with Gasteiger partial charge in [-0.05, 0) is 62.5 Å². The molecule has 37 heavy (non-hydrogen) atoms. The number of hydrazone groups is 1. The fourth-order valence-corrected chi connectivity index (χ4v) is 3.88. The number of aliphatic hydroxyl groups is 1. The van der Waals surface area contributed by atoms with Crippen LogP contribution in [0.5, 0.6) is 0 Å². The Morgan fingerprint density at radius 2 is 1.70 bits per heavy atom. The van der Waals surface area contributed by atoms with E-state index < -0.39 is 5.60 Å². The highest BCUT2D eigenvalue weighted by molar-refractivity contribution is 6.03. The molecule has 0 unspecified atom stereocenters. The van der Waals surface area contributed by atoms with Gasteiger partial charge in [0.25, 0.3) is 0 Å². The quantitative estimate of drug-likeness (QED) is 0.302. The molecule has 2 aromatic rings. The fourth-order valence-electron chi connectivity index (χ4n) is 3.88. The van der Waals surface area contributed by atoms with Gasteiger partial charge in [-0.1, -0.05) is 12.1 Å². The second-order valence-corrected chi connectivity index (χ2v) is 9.18. The molecule has 0 atom stereocenters. The maximum Gasteiger partial charge on any atom is 0.323 e. The van der Waals surface area contributed by atoms with Crippen LogP contribution in [-0.2, 0) is 10.3 Å². The van der Waals surface area contributed by atoms with Crippen LogP contribution in [0.25, 0.3) is 0 Å². The van der Waals surface area contributed by atoms with Crippen molar-refractivity contribution in [3.8, 4) is 0 Å². The van der Waals surface area contributed by atoms with E-state index in [1.54, 1.807) is 50.2 Å². The van der Waals surface area contributed by atoms with E-state index in [-0.39, 0.29) is 6.03 Å². The van der Waals surface area contributed by atoms with Crippen LogP contribution in [0.2, 0.25) is 0 Å². The third kappa shape index (κ3) is 6.72. The SMILES string of the molecule is C=N/C(=N\C(=C1/CC(N)=NN1)N1CCOCC1)c1ccc(NC(=O)Nc2ccc(C(C)(C)O)cc2)cc1. The predicted molar refractivity (Wildman–Crippen MR) is 146 cm³/mol. The maximum atomic E-state index is 12.5. The van der Waals surface area contributed by atoms with Gasteiger partial charge in [0.05, 0.1) is 30.9 Å². The zero-order valence-corrected chi connectivity index (χ0v) is 21.0. The van der Waals surface area contributed by atoms with Crippen molar-refractivity contribution in [3.63, 3.8) is 0 Å². The zero-order chi connectivity index (χ0) is 26.4. The molecule has 1 saturated heterocycles. The molecule has 6 N–H and O–H groups in total. The highest BCUT2D eigenvalue weighted by Gasteiger charge is 2.22. The number of rotatable bonds is 6. The second-order valence-electron chi connectivity index (χ2n) is 9.18. The number of carbonyl (C=O) groups excluding carboxylic acids is 1. The summed E-state index contributed by atoms with van der Waals surface area (Å²) >= 11 is 0. The Kier molecular flexibility index (Phi) is 7.85. The number of hydrogen-bond acceptors (Lipinski definition) is 8. The summed E-state index contributed by atoms with van der Waals surface area (Å²) in [7, 11) is 0. The molecule has 194 valence electrons. The molecule has 2 amide bonds. The highest BCUT2D eigenvalue weighted by Crippen LogP contribution is 2.22. The molecule has 0 bridgehead atoms. The molecule has 4 rings (SSSR count). The topological polar surface area (TPSA) is 149 Å². The van der Waals surface area contributed by atoms with Gasteiger partial charge < -0.3 is 31.1 Å². The smallest absolute Gasteiger partial charge is 0.323 e. The van der Waals surface area contributed by atoms with Gasteiger partial charge in [-0.25, -0.2) is 14.8 Å². The molecule has 0 aromatic heterocycles. The lowest BCUT2D eigenvalue weighted by Crippen LogP contribution is -2.36. The summed E-state index contributed by atoms with van der Waals surface area (Å²) < 4.78 is 5.48. The first-order chi connectivity index (χ1) is 17.7. The van der Waals surface area contributed by atoms with E-state index in [1.807, 2.05) is 12.1 Å². The number of hydrogen-bond donors (Lipinski definition) is 5. The van der Waals surface area contributed by atoms with Crippen molar-refractivity contribution in [2.75, 3.05) is 36.9 Å². The van der Waals surface area contributed by atoms with E-state index in [1.165, 1.54) is 0 Å². The molecule has 11 heteroatoms. The van der Waals surface area contributed by atoms with Crippen LogP contribution in [0.4, 0.5) is 16.2 Å². The first kappa shape index (κ1) is 25.9. The van der Waals surface area contributed by atoms with Crippen LogP contribution >= 0.6 is 0 Å². The number of nitrogens with two attached hydrogens (primary N) is 1. The van der Waals surface area contributed by atoms with E-state index in [4.69, 9.17) is 15.5 Å². The summed E-state index contributed by atoms with van der Waals surface area (Å²) in [5.74, 6) is 1.63. The summed E-state index contributed by atoms with van der Waals surface area (Å²) in [6.07, 6.45) is 0.471. The van der Waals surface area contributed by atoms with Gasteiger partial charge in [0.15, 0.2) is 11.7 Å². The largest absolute Gasteiger partial charge is 0.386 e.